The molecule has 0 aromatic rings. The molecule has 0 radical (unpaired) electrons. The van der Waals surface area contributed by atoms with Crippen LogP contribution in [0.3, 0.4) is 0 Å². The van der Waals surface area contributed by atoms with Crippen LogP contribution in [0.1, 0.15) is 19.8 Å². The van der Waals surface area contributed by atoms with Crippen molar-refractivity contribution in [1.82, 2.24) is 0 Å². The van der Waals surface area contributed by atoms with Crippen molar-refractivity contribution in [3.8, 4) is 0 Å². The Kier molecular flexibility index (Phi) is 20.4. The number of aliphatic hydroxyl groups excluding tert-OH is 2. The molecule has 0 aromatic heterocycles. The van der Waals surface area contributed by atoms with Crippen LogP contribution in [0.4, 0.5) is 0 Å². The van der Waals surface area contributed by atoms with E-state index in [1.54, 1.807) is 0 Å². The zero-order valence-electron chi connectivity index (χ0n) is 7.83. The fourth-order valence-electron chi connectivity index (χ4n) is 0.435. The molecule has 4 N–H and O–H groups in total. The van der Waals surface area contributed by atoms with Gasteiger partial charge in [0.15, 0.2) is 0 Å². The van der Waals surface area contributed by atoms with E-state index in [0.29, 0.717) is 13.2 Å². The van der Waals surface area contributed by atoms with Crippen LogP contribution in [0, 0.1) is 0 Å². The molecule has 0 heterocycles. The lowest BCUT2D eigenvalue weighted by Gasteiger charge is -1.94. The fourth-order valence-corrected chi connectivity index (χ4v) is 0.435. The molecule has 0 spiro atoms. The quantitative estimate of drug-likeness (QED) is 0.491. The van der Waals surface area contributed by atoms with Crippen molar-refractivity contribution < 1.29 is 14.9 Å². The summed E-state index contributed by atoms with van der Waals surface area (Å²) in [5, 5.41) is 16.2. The number of unbranched alkanes of at least 4 members (excludes halogenated alkanes) is 1. The number of aliphatic hydroxyl groups is 2. The second-order valence-electron chi connectivity index (χ2n) is 2.20. The molecular formula is C8H21NO3. The zero-order chi connectivity index (χ0) is 9.66. The largest absolute Gasteiger partial charge is 0.394 e. The normalized spacial score (nSPS) is 9.00. The highest BCUT2D eigenvalue weighted by atomic mass is 16.5. The molecule has 0 fully saturated rings. The topological polar surface area (TPSA) is 75.7 Å². The molecule has 4 heteroatoms. The molecule has 0 aliphatic heterocycles. The maximum Gasteiger partial charge on any atom is 0.0698 e. The number of hydrogen-bond donors (Lipinski definition) is 3. The van der Waals surface area contributed by atoms with E-state index in [9.17, 15) is 0 Å². The van der Waals surface area contributed by atoms with Crippen LogP contribution in [0.2, 0.25) is 0 Å². The first-order chi connectivity index (χ1) is 5.83. The Morgan fingerprint density at radius 1 is 1.17 bits per heavy atom. The maximum atomic E-state index is 8.09. The minimum absolute atomic E-state index is 0.0278. The summed E-state index contributed by atoms with van der Waals surface area (Å²) >= 11 is 0. The van der Waals surface area contributed by atoms with Crippen molar-refractivity contribution >= 4 is 0 Å². The van der Waals surface area contributed by atoms with Gasteiger partial charge >= 0.3 is 0 Å². The Morgan fingerprint density at radius 3 is 1.83 bits per heavy atom. The number of rotatable bonds is 6. The average Bonchev–Trinajstić information content (AvgIpc) is 2.08. The van der Waals surface area contributed by atoms with Gasteiger partial charge in [-0.25, -0.2) is 0 Å². The van der Waals surface area contributed by atoms with E-state index in [0.717, 1.165) is 6.54 Å². The lowest BCUT2D eigenvalue weighted by Crippen LogP contribution is -2.03. The molecule has 0 saturated heterocycles. The summed E-state index contributed by atoms with van der Waals surface area (Å²) < 4.78 is 4.63. The molecule has 76 valence electrons. The van der Waals surface area contributed by atoms with Crippen molar-refractivity contribution in [3.63, 3.8) is 0 Å². The first-order valence-corrected chi connectivity index (χ1v) is 4.33. The van der Waals surface area contributed by atoms with Crippen LogP contribution in [0.5, 0.6) is 0 Å². The molecule has 0 aliphatic carbocycles. The summed E-state index contributed by atoms with van der Waals surface area (Å²) in [6.07, 6.45) is 2.39. The van der Waals surface area contributed by atoms with Crippen LogP contribution in [-0.4, -0.2) is 43.2 Å². The van der Waals surface area contributed by atoms with Gasteiger partial charge in [0.2, 0.25) is 0 Å². The third-order valence-corrected chi connectivity index (χ3v) is 1.03. The Labute approximate surface area is 74.3 Å². The van der Waals surface area contributed by atoms with Gasteiger partial charge in [0.05, 0.1) is 26.4 Å². The number of hydrogen-bond acceptors (Lipinski definition) is 4. The highest BCUT2D eigenvalue weighted by Gasteiger charge is 1.79. The van der Waals surface area contributed by atoms with Crippen LogP contribution >= 0.6 is 0 Å². The van der Waals surface area contributed by atoms with Gasteiger partial charge in [-0.2, -0.15) is 0 Å². The fraction of sp³-hybridized carbons (Fsp3) is 1.00. The monoisotopic (exact) mass is 179 g/mol. The van der Waals surface area contributed by atoms with Crippen LogP contribution in [0.25, 0.3) is 0 Å². The first-order valence-electron chi connectivity index (χ1n) is 4.33. The summed E-state index contributed by atoms with van der Waals surface area (Å²) in [5.74, 6) is 0. The molecule has 0 atom stereocenters. The van der Waals surface area contributed by atoms with Gasteiger partial charge in [0.1, 0.15) is 0 Å². The van der Waals surface area contributed by atoms with Crippen molar-refractivity contribution in [1.29, 1.82) is 0 Å². The van der Waals surface area contributed by atoms with E-state index in [4.69, 9.17) is 15.9 Å². The third kappa shape index (κ3) is 22.5. The van der Waals surface area contributed by atoms with E-state index < -0.39 is 0 Å². The smallest absolute Gasteiger partial charge is 0.0698 e. The van der Waals surface area contributed by atoms with Gasteiger partial charge in [-0.15, -0.1) is 0 Å². The predicted molar refractivity (Wildman–Crippen MR) is 49.0 cm³/mol. The van der Waals surface area contributed by atoms with Crippen molar-refractivity contribution in [2.75, 3.05) is 33.0 Å². The Hall–Kier alpha value is -0.160. The standard InChI is InChI=1S/C4H11N.C4H10O3/c1-2-3-4-5;5-1-3-7-4-2-6/h2-5H2,1H3;5-6H,1-4H2. The molecule has 12 heavy (non-hydrogen) atoms. The summed E-state index contributed by atoms with van der Waals surface area (Å²) in [6, 6.07) is 0. The summed E-state index contributed by atoms with van der Waals surface area (Å²) in [4.78, 5) is 0. The summed E-state index contributed by atoms with van der Waals surface area (Å²) in [6.45, 7) is 3.67. The second kappa shape index (κ2) is 17.1. The van der Waals surface area contributed by atoms with Crippen molar-refractivity contribution in [2.24, 2.45) is 5.73 Å². The van der Waals surface area contributed by atoms with Crippen LogP contribution in [-0.2, 0) is 4.74 Å². The Balaban J connectivity index is 0. The van der Waals surface area contributed by atoms with Gasteiger partial charge < -0.3 is 20.7 Å². The first kappa shape index (κ1) is 14.4. The van der Waals surface area contributed by atoms with E-state index in [1.165, 1.54) is 12.8 Å². The van der Waals surface area contributed by atoms with Gasteiger partial charge in [0, 0.05) is 0 Å². The minimum atomic E-state index is 0.0278. The zero-order valence-corrected chi connectivity index (χ0v) is 7.83. The molecule has 0 amide bonds. The number of ether oxygens (including phenoxy) is 1. The molecule has 0 aromatic carbocycles. The molecule has 0 saturated carbocycles. The van der Waals surface area contributed by atoms with Crippen molar-refractivity contribution in [3.05, 3.63) is 0 Å². The molecule has 0 unspecified atom stereocenters. The van der Waals surface area contributed by atoms with E-state index in [2.05, 4.69) is 11.7 Å². The van der Waals surface area contributed by atoms with E-state index in [1.807, 2.05) is 0 Å². The molecule has 0 bridgehead atoms. The molecule has 0 rings (SSSR count). The highest BCUT2D eigenvalue weighted by Crippen LogP contribution is 1.77. The Bertz CT molecular complexity index is 56.3. The minimum Gasteiger partial charge on any atom is -0.394 e. The van der Waals surface area contributed by atoms with Gasteiger partial charge in [0.25, 0.3) is 0 Å². The predicted octanol–water partition coefficient (Wildman–Crippen LogP) is -0.267. The van der Waals surface area contributed by atoms with E-state index in [-0.39, 0.29) is 13.2 Å². The number of nitrogens with two attached hydrogens (primary N) is 1. The van der Waals surface area contributed by atoms with Crippen LogP contribution in [0.15, 0.2) is 0 Å². The third-order valence-electron chi connectivity index (χ3n) is 1.03. The van der Waals surface area contributed by atoms with Gasteiger partial charge in [-0.1, -0.05) is 13.3 Å². The Morgan fingerprint density at radius 2 is 1.67 bits per heavy atom. The summed E-state index contributed by atoms with van der Waals surface area (Å²) in [7, 11) is 0. The lowest BCUT2D eigenvalue weighted by molar-refractivity contribution is 0.0650. The van der Waals surface area contributed by atoms with E-state index >= 15 is 0 Å². The summed E-state index contributed by atoms with van der Waals surface area (Å²) in [5.41, 5.74) is 5.14. The highest BCUT2D eigenvalue weighted by molar-refractivity contribution is 4.29. The van der Waals surface area contributed by atoms with Crippen molar-refractivity contribution in [2.45, 2.75) is 19.8 Å². The molecular weight excluding hydrogens is 158 g/mol. The second-order valence-corrected chi connectivity index (χ2v) is 2.20. The molecule has 4 nitrogen and oxygen atoms in total. The average molecular weight is 179 g/mol. The van der Waals surface area contributed by atoms with Gasteiger partial charge in [-0.3, -0.25) is 0 Å². The van der Waals surface area contributed by atoms with Gasteiger partial charge in [-0.05, 0) is 13.0 Å². The molecule has 0 aliphatic rings. The SMILES string of the molecule is CCCCN.OCCOCCO. The maximum absolute atomic E-state index is 8.09. The lowest BCUT2D eigenvalue weighted by atomic mass is 10.3. The van der Waals surface area contributed by atoms with Crippen LogP contribution < -0.4 is 5.73 Å².